The Balaban J connectivity index is 0.000000151. The van der Waals surface area contributed by atoms with Gasteiger partial charge >= 0.3 is 0 Å². The molecule has 4 aromatic carbocycles. The quantitative estimate of drug-likeness (QED) is 0.0749. The molecule has 416 valence electrons. The van der Waals surface area contributed by atoms with Gasteiger partial charge in [-0.15, -0.1) is 0 Å². The smallest absolute Gasteiger partial charge is 0.293 e. The Kier molecular flexibility index (Phi) is 14.4. The average Bonchev–Trinajstić information content (AvgIpc) is 4.33. The van der Waals surface area contributed by atoms with E-state index in [2.05, 4.69) is 10.3 Å². The number of hydrogen-bond acceptors (Lipinski definition) is 12. The SMILES string of the molecule is O=COC1CCC(CN2C(=O)C3(CC3)c3cc(OCc4c(-c5c(Cl)cccc5Cl)noc4C4CC4)ccc32)CC1.O=COC1CCC(CN2C(=O)C3(CC3)c3cc(OCc4c(-c5c(Cl)cccc5Cl)noc4C4CC4)ccc32)CC1. The van der Waals surface area contributed by atoms with Crippen molar-refractivity contribution in [2.45, 2.75) is 151 Å². The molecule has 2 amide bonds. The van der Waals surface area contributed by atoms with E-state index in [0.717, 1.165) is 148 Å². The minimum atomic E-state index is -0.418. The maximum atomic E-state index is 13.6. The van der Waals surface area contributed by atoms with Crippen molar-refractivity contribution in [3.05, 3.63) is 127 Å². The summed E-state index contributed by atoms with van der Waals surface area (Å²) in [5.41, 5.74) is 7.55. The second-order valence-corrected chi connectivity index (χ2v) is 24.8. The van der Waals surface area contributed by atoms with Crippen molar-refractivity contribution >= 4 is 82.5 Å². The Morgan fingerprint density at radius 2 is 0.900 bits per heavy atom. The fourth-order valence-corrected chi connectivity index (χ4v) is 14.1. The van der Waals surface area contributed by atoms with Gasteiger partial charge in [0.2, 0.25) is 11.8 Å². The highest BCUT2D eigenvalue weighted by atomic mass is 35.5. The first-order chi connectivity index (χ1) is 39.0. The number of halogens is 4. The van der Waals surface area contributed by atoms with Crippen molar-refractivity contribution in [3.8, 4) is 34.0 Å². The highest BCUT2D eigenvalue weighted by molar-refractivity contribution is 6.39. The summed E-state index contributed by atoms with van der Waals surface area (Å²) in [6, 6.07) is 22.8. The predicted octanol–water partition coefficient (Wildman–Crippen LogP) is 14.4. The van der Waals surface area contributed by atoms with Gasteiger partial charge in [-0.05, 0) is 186 Å². The molecule has 0 atom stereocenters. The molecule has 0 radical (unpaired) electrons. The number of benzene rings is 4. The lowest BCUT2D eigenvalue weighted by atomic mass is 9.87. The van der Waals surface area contributed by atoms with Gasteiger partial charge in [-0.25, -0.2) is 0 Å². The molecule has 0 saturated heterocycles. The molecule has 14 nitrogen and oxygen atoms in total. The molecule has 2 spiro atoms. The van der Waals surface area contributed by atoms with Crippen LogP contribution in [0.3, 0.4) is 0 Å². The first-order valence-electron chi connectivity index (χ1n) is 28.2. The molecule has 80 heavy (non-hydrogen) atoms. The van der Waals surface area contributed by atoms with Crippen LogP contribution >= 0.6 is 46.4 Å². The highest BCUT2D eigenvalue weighted by Gasteiger charge is 2.60. The molecule has 8 aliphatic rings. The van der Waals surface area contributed by atoms with E-state index < -0.39 is 10.8 Å². The van der Waals surface area contributed by atoms with Crippen LogP contribution in [0.1, 0.15) is 148 Å². The standard InChI is InChI=1S/2C31H30Cl2N2O5/c2*32-24-2-1-3-25(33)27(24)28-22(29(40-34-28)19-6-7-19)16-38-21-10-11-26-23(14-21)31(12-13-31)30(37)35(26)15-18-4-8-20(9-5-18)39-17-36/h2*1-3,10-11,14,17-20H,4-9,12-13,15-16H2. The van der Waals surface area contributed by atoms with Crippen LogP contribution in [0.25, 0.3) is 22.5 Å². The zero-order chi connectivity index (χ0) is 54.9. The summed E-state index contributed by atoms with van der Waals surface area (Å²) in [4.78, 5) is 52.6. The molecule has 6 fully saturated rings. The monoisotopic (exact) mass is 1160 g/mol. The lowest BCUT2D eigenvalue weighted by Crippen LogP contribution is -2.37. The van der Waals surface area contributed by atoms with Gasteiger partial charge in [0.25, 0.3) is 12.9 Å². The lowest BCUT2D eigenvalue weighted by Gasteiger charge is -2.30. The summed E-state index contributed by atoms with van der Waals surface area (Å²) < 4.78 is 34.6. The molecule has 0 unspecified atom stereocenters. The summed E-state index contributed by atoms with van der Waals surface area (Å²) >= 11 is 26.1. The number of rotatable bonds is 18. The summed E-state index contributed by atoms with van der Waals surface area (Å²) in [7, 11) is 0. The van der Waals surface area contributed by atoms with Gasteiger partial charge in [-0.2, -0.15) is 0 Å². The van der Waals surface area contributed by atoms with Crippen LogP contribution in [0.5, 0.6) is 11.5 Å². The molecule has 14 rings (SSSR count). The Labute approximate surface area is 483 Å². The lowest BCUT2D eigenvalue weighted by molar-refractivity contribution is -0.136. The first kappa shape index (κ1) is 53.3. The van der Waals surface area contributed by atoms with Gasteiger partial charge in [0.1, 0.15) is 59.8 Å². The number of nitrogens with zero attached hydrogens (tertiary/aromatic N) is 4. The molecule has 18 heteroatoms. The van der Waals surface area contributed by atoms with Gasteiger partial charge in [0.15, 0.2) is 0 Å². The van der Waals surface area contributed by atoms with Gasteiger partial charge < -0.3 is 37.8 Å². The number of ether oxygens (including phenoxy) is 4. The molecule has 4 heterocycles. The summed E-state index contributed by atoms with van der Waals surface area (Å²) in [5, 5.41) is 10.8. The molecular formula is C62H60Cl4N4O10. The van der Waals surface area contributed by atoms with Crippen LogP contribution in [0.2, 0.25) is 20.1 Å². The molecule has 2 aliphatic heterocycles. The van der Waals surface area contributed by atoms with Crippen molar-refractivity contribution in [2.75, 3.05) is 22.9 Å². The molecule has 6 aliphatic carbocycles. The number of amides is 2. The van der Waals surface area contributed by atoms with E-state index in [9.17, 15) is 19.2 Å². The summed E-state index contributed by atoms with van der Waals surface area (Å²) in [6.07, 6.45) is 14.9. The third-order valence-corrected chi connectivity index (χ3v) is 19.3. The molecular weight excluding hydrogens is 1100 g/mol. The van der Waals surface area contributed by atoms with Crippen molar-refractivity contribution < 1.29 is 47.2 Å². The molecule has 0 N–H and O–H groups in total. The number of carbonyl (C=O) groups excluding carboxylic acids is 4. The van der Waals surface area contributed by atoms with E-state index >= 15 is 0 Å². The van der Waals surface area contributed by atoms with Crippen LogP contribution in [0.4, 0.5) is 11.4 Å². The van der Waals surface area contributed by atoms with Crippen molar-refractivity contribution in [1.29, 1.82) is 0 Å². The van der Waals surface area contributed by atoms with Gasteiger partial charge in [-0.3, -0.25) is 19.2 Å². The van der Waals surface area contributed by atoms with Crippen molar-refractivity contribution in [3.63, 3.8) is 0 Å². The number of carbonyl (C=O) groups is 4. The van der Waals surface area contributed by atoms with E-state index in [1.54, 1.807) is 24.3 Å². The second-order valence-electron chi connectivity index (χ2n) is 23.2. The maximum absolute atomic E-state index is 13.6. The van der Waals surface area contributed by atoms with Gasteiger partial charge in [0, 0.05) is 47.4 Å². The Bertz CT molecular complexity index is 3120. The topological polar surface area (TPSA) is 164 Å². The van der Waals surface area contributed by atoms with Crippen LogP contribution in [0, 0.1) is 11.8 Å². The molecule has 2 aromatic heterocycles. The van der Waals surface area contributed by atoms with E-state index in [1.807, 2.05) is 58.3 Å². The largest absolute Gasteiger partial charge is 0.489 e. The molecule has 0 bridgehead atoms. The Morgan fingerprint density at radius 3 is 1.24 bits per heavy atom. The minimum absolute atomic E-state index is 0.00473. The third kappa shape index (κ3) is 10.0. The number of aromatic nitrogens is 2. The van der Waals surface area contributed by atoms with Crippen LogP contribution in [-0.2, 0) is 52.7 Å². The highest BCUT2D eigenvalue weighted by Crippen LogP contribution is 2.60. The zero-order valence-electron chi connectivity index (χ0n) is 44.1. The van der Waals surface area contributed by atoms with Crippen LogP contribution in [-0.4, -0.2) is 60.4 Å². The second kappa shape index (κ2) is 21.7. The number of anilines is 2. The fraction of sp³-hybridized carbons (Fsp3) is 0.452. The average molecular weight is 1160 g/mol. The van der Waals surface area contributed by atoms with Crippen molar-refractivity contribution in [2.24, 2.45) is 11.8 Å². The maximum Gasteiger partial charge on any atom is 0.293 e. The number of hydrogen-bond donors (Lipinski definition) is 0. The summed E-state index contributed by atoms with van der Waals surface area (Å²) in [6.45, 7) is 3.03. The summed E-state index contributed by atoms with van der Waals surface area (Å²) in [5.74, 6) is 4.98. The normalized spacial score (nSPS) is 22.9. The molecule has 6 aromatic rings. The first-order valence-corrected chi connectivity index (χ1v) is 29.7. The predicted molar refractivity (Wildman–Crippen MR) is 302 cm³/mol. The van der Waals surface area contributed by atoms with Gasteiger partial charge in [0.05, 0.1) is 42.0 Å². The zero-order valence-corrected chi connectivity index (χ0v) is 47.1. The Hall–Kier alpha value is -6.06. The third-order valence-electron chi connectivity index (χ3n) is 18.0. The van der Waals surface area contributed by atoms with E-state index in [-0.39, 0.29) is 37.2 Å². The Morgan fingerprint density at radius 1 is 0.525 bits per heavy atom. The van der Waals surface area contributed by atoms with E-state index in [4.69, 9.17) is 74.4 Å². The number of fused-ring (bicyclic) bond motifs is 4. The van der Waals surface area contributed by atoms with Crippen LogP contribution < -0.4 is 19.3 Å². The fourth-order valence-electron chi connectivity index (χ4n) is 13.0. The van der Waals surface area contributed by atoms with Gasteiger partial charge in [-0.1, -0.05) is 68.8 Å². The van der Waals surface area contributed by atoms with Crippen LogP contribution in [0.15, 0.2) is 81.8 Å². The minimum Gasteiger partial charge on any atom is -0.489 e. The van der Waals surface area contributed by atoms with E-state index in [1.165, 1.54) is 0 Å². The van der Waals surface area contributed by atoms with E-state index in [0.29, 0.717) is 104 Å². The molecule has 6 saturated carbocycles. The van der Waals surface area contributed by atoms with Crippen molar-refractivity contribution in [1.82, 2.24) is 10.3 Å².